The van der Waals surface area contributed by atoms with E-state index in [4.69, 9.17) is 0 Å². The Labute approximate surface area is 144 Å². The van der Waals surface area contributed by atoms with E-state index in [1.807, 2.05) is 0 Å². The van der Waals surface area contributed by atoms with Gasteiger partial charge in [-0.05, 0) is 38.7 Å². The normalized spacial score (nSPS) is 11.8. The number of benzene rings is 1. The molecule has 0 aromatic heterocycles. The average Bonchev–Trinajstić information content (AvgIpc) is 2.58. The van der Waals surface area contributed by atoms with Crippen LogP contribution in [0.1, 0.15) is 38.8 Å². The molecule has 23 heavy (non-hydrogen) atoms. The van der Waals surface area contributed by atoms with Gasteiger partial charge in [-0.25, -0.2) is 0 Å². The molecule has 0 atom stereocenters. The van der Waals surface area contributed by atoms with Crippen molar-refractivity contribution < 1.29 is 0 Å². The van der Waals surface area contributed by atoms with Gasteiger partial charge in [0.2, 0.25) is 0 Å². The zero-order chi connectivity index (χ0) is 17.1. The molecule has 0 N–H and O–H groups in total. The molecule has 0 spiro atoms. The highest BCUT2D eigenvalue weighted by Gasteiger charge is 2.10. The summed E-state index contributed by atoms with van der Waals surface area (Å²) in [4.78, 5) is 7.64. The predicted molar refractivity (Wildman–Crippen MR) is 102 cm³/mol. The van der Waals surface area contributed by atoms with Crippen molar-refractivity contribution in [2.24, 2.45) is 0 Å². The van der Waals surface area contributed by atoms with E-state index in [1.54, 1.807) is 0 Å². The molecule has 0 aliphatic heterocycles. The topological polar surface area (TPSA) is 9.72 Å². The fourth-order valence-electron chi connectivity index (χ4n) is 2.87. The van der Waals surface area contributed by atoms with Gasteiger partial charge < -0.3 is 9.80 Å². The molecule has 0 unspecified atom stereocenters. The zero-order valence-corrected chi connectivity index (χ0v) is 16.0. The van der Waals surface area contributed by atoms with Gasteiger partial charge in [0.05, 0.1) is 0 Å². The molecular weight excluding hydrogens is 282 g/mol. The van der Waals surface area contributed by atoms with Gasteiger partial charge in [-0.3, -0.25) is 4.90 Å². The van der Waals surface area contributed by atoms with Crippen molar-refractivity contribution in [3.8, 4) is 0 Å². The first-order valence-corrected chi connectivity index (χ1v) is 9.35. The van der Waals surface area contributed by atoms with E-state index in [-0.39, 0.29) is 0 Å². The summed E-state index contributed by atoms with van der Waals surface area (Å²) in [5, 5.41) is 0. The lowest BCUT2D eigenvalue weighted by molar-refractivity contribution is 0.180. The molecule has 0 aliphatic carbocycles. The molecule has 0 saturated carbocycles. The van der Waals surface area contributed by atoms with E-state index in [2.05, 4.69) is 73.6 Å². The lowest BCUT2D eigenvalue weighted by Crippen LogP contribution is -2.39. The van der Waals surface area contributed by atoms with Crippen LogP contribution >= 0.6 is 0 Å². The molecule has 0 aliphatic rings. The summed E-state index contributed by atoms with van der Waals surface area (Å²) in [5.41, 5.74) is 2.77. The highest BCUT2D eigenvalue weighted by Crippen LogP contribution is 2.07. The van der Waals surface area contributed by atoms with Gasteiger partial charge in [0.1, 0.15) is 0 Å². The minimum Gasteiger partial charge on any atom is -0.303 e. The summed E-state index contributed by atoms with van der Waals surface area (Å²) < 4.78 is 0. The fourth-order valence-corrected chi connectivity index (χ4v) is 2.87. The molecule has 0 heterocycles. The number of hydrogen-bond donors (Lipinski definition) is 0. The van der Waals surface area contributed by atoms with E-state index in [9.17, 15) is 0 Å². The summed E-state index contributed by atoms with van der Waals surface area (Å²) >= 11 is 0. The van der Waals surface area contributed by atoms with E-state index >= 15 is 0 Å². The molecule has 3 nitrogen and oxygen atoms in total. The van der Waals surface area contributed by atoms with Crippen LogP contribution in [0.3, 0.4) is 0 Å². The fraction of sp³-hybridized carbons (Fsp3) is 0.700. The largest absolute Gasteiger partial charge is 0.303 e. The molecule has 0 amide bonds. The second-order valence-corrected chi connectivity index (χ2v) is 6.32. The van der Waals surface area contributed by atoms with Crippen LogP contribution in [0.15, 0.2) is 24.3 Å². The minimum absolute atomic E-state index is 1.06. The van der Waals surface area contributed by atoms with Gasteiger partial charge in [-0.1, -0.05) is 57.5 Å². The second kappa shape index (κ2) is 11.6. The Hall–Kier alpha value is -0.900. The Bertz CT molecular complexity index is 378. The van der Waals surface area contributed by atoms with Crippen molar-refractivity contribution in [1.29, 1.82) is 0 Å². The summed E-state index contributed by atoms with van der Waals surface area (Å²) in [6.45, 7) is 21.4. The van der Waals surface area contributed by atoms with Crippen LogP contribution in [0.5, 0.6) is 0 Å². The van der Waals surface area contributed by atoms with Gasteiger partial charge in [0.15, 0.2) is 0 Å². The Morgan fingerprint density at radius 3 is 1.39 bits per heavy atom. The van der Waals surface area contributed by atoms with Gasteiger partial charge in [-0.15, -0.1) is 0 Å². The second-order valence-electron chi connectivity index (χ2n) is 6.32. The van der Waals surface area contributed by atoms with Crippen LogP contribution in [0, 0.1) is 6.92 Å². The molecular formula is C20H37N3. The molecule has 1 aromatic rings. The van der Waals surface area contributed by atoms with Crippen LogP contribution in [0.25, 0.3) is 0 Å². The van der Waals surface area contributed by atoms with Crippen molar-refractivity contribution in [2.75, 3.05) is 52.4 Å². The number of aryl methyl sites for hydroxylation is 1. The first-order chi connectivity index (χ1) is 11.1. The maximum Gasteiger partial charge on any atom is 0.0234 e. The third-order valence-electron chi connectivity index (χ3n) is 4.78. The van der Waals surface area contributed by atoms with Crippen molar-refractivity contribution in [2.45, 2.75) is 41.2 Å². The zero-order valence-electron chi connectivity index (χ0n) is 16.0. The van der Waals surface area contributed by atoms with E-state index < -0.39 is 0 Å². The van der Waals surface area contributed by atoms with Crippen LogP contribution in [-0.2, 0) is 6.54 Å². The van der Waals surface area contributed by atoms with Crippen molar-refractivity contribution in [1.82, 2.24) is 14.7 Å². The number of nitrogens with zero attached hydrogens (tertiary/aromatic N) is 3. The van der Waals surface area contributed by atoms with Crippen molar-refractivity contribution >= 4 is 0 Å². The predicted octanol–water partition coefficient (Wildman–Crippen LogP) is 3.48. The standard InChI is InChI=1S/C20H37N3/c1-6-21(7-2)14-16-23(17-15-22(8-3)9-4)18-20-12-10-19(5)11-13-20/h10-13H,6-9,14-18H2,1-5H3. The summed E-state index contributed by atoms with van der Waals surface area (Å²) in [6.07, 6.45) is 0. The Morgan fingerprint density at radius 1 is 0.609 bits per heavy atom. The maximum atomic E-state index is 2.61. The minimum atomic E-state index is 1.06. The summed E-state index contributed by atoms with van der Waals surface area (Å²) in [7, 11) is 0. The van der Waals surface area contributed by atoms with Gasteiger partial charge in [-0.2, -0.15) is 0 Å². The molecule has 0 fully saturated rings. The molecule has 132 valence electrons. The van der Waals surface area contributed by atoms with Crippen molar-refractivity contribution in [3.63, 3.8) is 0 Å². The Morgan fingerprint density at radius 2 is 1.00 bits per heavy atom. The molecule has 0 bridgehead atoms. The smallest absolute Gasteiger partial charge is 0.0234 e. The first kappa shape index (κ1) is 20.1. The molecule has 1 aromatic carbocycles. The highest BCUT2D eigenvalue weighted by molar-refractivity contribution is 5.21. The van der Waals surface area contributed by atoms with Crippen LogP contribution in [-0.4, -0.2) is 67.1 Å². The van der Waals surface area contributed by atoms with Crippen LogP contribution in [0.2, 0.25) is 0 Å². The lowest BCUT2D eigenvalue weighted by atomic mass is 10.1. The van der Waals surface area contributed by atoms with Gasteiger partial charge in [0.25, 0.3) is 0 Å². The third kappa shape index (κ3) is 7.96. The van der Waals surface area contributed by atoms with E-state index in [0.29, 0.717) is 0 Å². The molecule has 1 rings (SSSR count). The SMILES string of the molecule is CCN(CC)CCN(CCN(CC)CC)Cc1ccc(C)cc1. The van der Waals surface area contributed by atoms with Crippen LogP contribution < -0.4 is 0 Å². The van der Waals surface area contributed by atoms with Crippen LogP contribution in [0.4, 0.5) is 0 Å². The van der Waals surface area contributed by atoms with Gasteiger partial charge >= 0.3 is 0 Å². The molecule has 0 saturated heterocycles. The highest BCUT2D eigenvalue weighted by atomic mass is 15.2. The Balaban J connectivity index is 2.60. The van der Waals surface area contributed by atoms with E-state index in [0.717, 1.165) is 58.9 Å². The average molecular weight is 320 g/mol. The number of likely N-dealkylation sites (N-methyl/N-ethyl adjacent to an activating group) is 2. The monoisotopic (exact) mass is 319 g/mol. The molecule has 0 radical (unpaired) electrons. The number of rotatable bonds is 12. The third-order valence-corrected chi connectivity index (χ3v) is 4.78. The lowest BCUT2D eigenvalue weighted by Gasteiger charge is -2.28. The van der Waals surface area contributed by atoms with Crippen molar-refractivity contribution in [3.05, 3.63) is 35.4 Å². The summed E-state index contributed by atoms with van der Waals surface area (Å²) in [6, 6.07) is 9.00. The maximum absolute atomic E-state index is 2.61. The first-order valence-electron chi connectivity index (χ1n) is 9.35. The van der Waals surface area contributed by atoms with E-state index in [1.165, 1.54) is 11.1 Å². The number of hydrogen-bond acceptors (Lipinski definition) is 3. The summed E-state index contributed by atoms with van der Waals surface area (Å²) in [5.74, 6) is 0. The Kier molecular flexibility index (Phi) is 10.2. The quantitative estimate of drug-likeness (QED) is 0.584. The van der Waals surface area contributed by atoms with Gasteiger partial charge in [0, 0.05) is 32.7 Å². The molecule has 3 heteroatoms.